The number of nitrogens with one attached hydrogen (secondary N) is 2. The Morgan fingerprint density at radius 1 is 1.73 bits per heavy atom. The molecule has 1 heterocycles. The average Bonchev–Trinajstić information content (AvgIpc) is 2.61. The van der Waals surface area contributed by atoms with Crippen molar-refractivity contribution >= 4 is 22.9 Å². The van der Waals surface area contributed by atoms with Crippen LogP contribution in [0.2, 0.25) is 0 Å². The fourth-order valence-corrected chi connectivity index (χ4v) is 1.72. The van der Waals surface area contributed by atoms with E-state index in [0.717, 1.165) is 11.8 Å². The van der Waals surface area contributed by atoms with Crippen LogP contribution in [0.3, 0.4) is 0 Å². The van der Waals surface area contributed by atoms with E-state index >= 15 is 0 Å². The number of hydrogen-bond acceptors (Lipinski definition) is 4. The van der Waals surface area contributed by atoms with Crippen molar-refractivity contribution in [2.75, 3.05) is 18.8 Å². The molecule has 8 heteroatoms. The summed E-state index contributed by atoms with van der Waals surface area (Å²) in [6, 6.07) is -0.726. The third-order valence-electron chi connectivity index (χ3n) is 1.81. The Morgan fingerprint density at radius 3 is 2.87 bits per heavy atom. The second-order valence-corrected chi connectivity index (χ2v) is 4.07. The number of halogens is 2. The number of thioether (sulfide) groups is 1. The molecule has 0 unspecified atom stereocenters. The van der Waals surface area contributed by atoms with Crippen LogP contribution in [-0.4, -0.2) is 42.0 Å². The van der Waals surface area contributed by atoms with Gasteiger partial charge in [0.2, 0.25) is 5.91 Å². The molecule has 86 valence electrons. The van der Waals surface area contributed by atoms with Gasteiger partial charge in [-0.1, -0.05) is 11.8 Å². The maximum absolute atomic E-state index is 12.6. The summed E-state index contributed by atoms with van der Waals surface area (Å²) >= 11 is 0.950. The Morgan fingerprint density at radius 2 is 2.40 bits per heavy atom. The highest BCUT2D eigenvalue weighted by atomic mass is 32.2. The van der Waals surface area contributed by atoms with Gasteiger partial charge in [0, 0.05) is 5.75 Å². The van der Waals surface area contributed by atoms with E-state index < -0.39 is 31.0 Å². The standard InChI is InChI=1S/C7H11F2N3O2S/c8-7(9,2-10)3-11-5(13)4-1-15-6(14)12-4/h4H,1-3,10H2,(H,11,13)(H,12,14)/t4-/m0/s1. The molecule has 0 aromatic rings. The summed E-state index contributed by atoms with van der Waals surface area (Å²) in [4.78, 5) is 22.0. The second kappa shape index (κ2) is 4.75. The van der Waals surface area contributed by atoms with Crippen LogP contribution in [-0.2, 0) is 4.79 Å². The van der Waals surface area contributed by atoms with Gasteiger partial charge in [0.25, 0.3) is 11.2 Å². The van der Waals surface area contributed by atoms with E-state index in [4.69, 9.17) is 5.73 Å². The number of carbonyl (C=O) groups excluding carboxylic acids is 2. The number of nitrogens with two attached hydrogens (primary N) is 1. The summed E-state index contributed by atoms with van der Waals surface area (Å²) < 4.78 is 25.3. The first kappa shape index (κ1) is 12.2. The molecule has 1 atom stereocenters. The fraction of sp³-hybridized carbons (Fsp3) is 0.714. The van der Waals surface area contributed by atoms with Gasteiger partial charge >= 0.3 is 0 Å². The molecular weight excluding hydrogens is 228 g/mol. The predicted octanol–water partition coefficient (Wildman–Crippen LogP) is -0.478. The van der Waals surface area contributed by atoms with Crippen molar-refractivity contribution in [2.45, 2.75) is 12.0 Å². The first-order valence-corrected chi connectivity index (χ1v) is 5.22. The molecular formula is C7H11F2N3O2S. The van der Waals surface area contributed by atoms with Crippen molar-refractivity contribution in [3.8, 4) is 0 Å². The Hall–Kier alpha value is -0.890. The quantitative estimate of drug-likeness (QED) is 0.618. The van der Waals surface area contributed by atoms with Gasteiger partial charge in [0.1, 0.15) is 6.04 Å². The lowest BCUT2D eigenvalue weighted by molar-refractivity contribution is -0.124. The zero-order valence-corrected chi connectivity index (χ0v) is 8.57. The van der Waals surface area contributed by atoms with Crippen LogP contribution in [0.15, 0.2) is 0 Å². The normalized spacial score (nSPS) is 21.3. The highest BCUT2D eigenvalue weighted by Crippen LogP contribution is 2.13. The highest BCUT2D eigenvalue weighted by molar-refractivity contribution is 8.14. The molecule has 0 aromatic heterocycles. The van der Waals surface area contributed by atoms with E-state index in [2.05, 4.69) is 5.32 Å². The lowest BCUT2D eigenvalue weighted by Crippen LogP contribution is -2.48. The maximum Gasteiger partial charge on any atom is 0.279 e. The Bertz CT molecular complexity index is 275. The van der Waals surface area contributed by atoms with Crippen LogP contribution < -0.4 is 16.4 Å². The van der Waals surface area contributed by atoms with Crippen molar-refractivity contribution in [1.82, 2.24) is 10.6 Å². The minimum atomic E-state index is -3.11. The lowest BCUT2D eigenvalue weighted by Gasteiger charge is -2.16. The summed E-state index contributed by atoms with van der Waals surface area (Å²) in [6.45, 7) is -1.63. The fourth-order valence-electron chi connectivity index (χ4n) is 0.938. The van der Waals surface area contributed by atoms with Gasteiger partial charge in [0.15, 0.2) is 0 Å². The van der Waals surface area contributed by atoms with Crippen molar-refractivity contribution in [1.29, 1.82) is 0 Å². The molecule has 0 bridgehead atoms. The van der Waals surface area contributed by atoms with Gasteiger partial charge in [-0.15, -0.1) is 0 Å². The number of alkyl halides is 2. The number of carbonyl (C=O) groups is 2. The topological polar surface area (TPSA) is 84.2 Å². The van der Waals surface area contributed by atoms with E-state index in [9.17, 15) is 18.4 Å². The lowest BCUT2D eigenvalue weighted by atomic mass is 10.3. The van der Waals surface area contributed by atoms with Gasteiger partial charge in [-0.05, 0) is 0 Å². The molecule has 1 rings (SSSR count). The molecule has 2 amide bonds. The van der Waals surface area contributed by atoms with Gasteiger partial charge < -0.3 is 16.4 Å². The average molecular weight is 239 g/mol. The van der Waals surface area contributed by atoms with Crippen molar-refractivity contribution < 1.29 is 18.4 Å². The monoisotopic (exact) mass is 239 g/mol. The second-order valence-electron chi connectivity index (χ2n) is 3.07. The molecule has 0 saturated carbocycles. The molecule has 4 N–H and O–H groups in total. The van der Waals surface area contributed by atoms with Gasteiger partial charge in [-0.2, -0.15) is 0 Å². The van der Waals surface area contributed by atoms with E-state index in [-0.39, 0.29) is 11.0 Å². The summed E-state index contributed by atoms with van der Waals surface area (Å²) in [5.41, 5.74) is 4.79. The Labute approximate surface area is 89.1 Å². The number of hydrogen-bond donors (Lipinski definition) is 3. The zero-order valence-electron chi connectivity index (χ0n) is 7.76. The third kappa shape index (κ3) is 3.63. The van der Waals surface area contributed by atoms with Crippen LogP contribution >= 0.6 is 11.8 Å². The highest BCUT2D eigenvalue weighted by Gasteiger charge is 2.31. The molecule has 0 spiro atoms. The van der Waals surface area contributed by atoms with Crippen LogP contribution in [0.5, 0.6) is 0 Å². The van der Waals surface area contributed by atoms with Crippen LogP contribution in [0, 0.1) is 0 Å². The number of rotatable bonds is 4. The number of amides is 2. The molecule has 15 heavy (non-hydrogen) atoms. The molecule has 1 aliphatic rings. The first-order valence-electron chi connectivity index (χ1n) is 4.23. The van der Waals surface area contributed by atoms with Crippen LogP contribution in [0.25, 0.3) is 0 Å². The molecule has 0 aliphatic carbocycles. The van der Waals surface area contributed by atoms with E-state index in [1.54, 1.807) is 0 Å². The predicted molar refractivity (Wildman–Crippen MR) is 51.8 cm³/mol. The van der Waals surface area contributed by atoms with Crippen LogP contribution in [0.4, 0.5) is 13.6 Å². The molecule has 0 radical (unpaired) electrons. The molecule has 1 aliphatic heterocycles. The summed E-state index contributed by atoms with van der Waals surface area (Å²) in [5.74, 6) is -3.45. The smallest absolute Gasteiger partial charge is 0.279 e. The van der Waals surface area contributed by atoms with Crippen molar-refractivity contribution in [3.05, 3.63) is 0 Å². The third-order valence-corrected chi connectivity index (χ3v) is 2.69. The Kier molecular flexibility index (Phi) is 3.86. The zero-order chi connectivity index (χ0) is 11.5. The minimum Gasteiger partial charge on any atom is -0.348 e. The van der Waals surface area contributed by atoms with Crippen molar-refractivity contribution in [2.24, 2.45) is 5.73 Å². The minimum absolute atomic E-state index is 0.263. The van der Waals surface area contributed by atoms with Crippen LogP contribution in [0.1, 0.15) is 0 Å². The maximum atomic E-state index is 12.6. The summed E-state index contributed by atoms with van der Waals surface area (Å²) in [6.07, 6.45) is 0. The van der Waals surface area contributed by atoms with E-state index in [1.807, 2.05) is 5.32 Å². The van der Waals surface area contributed by atoms with Crippen molar-refractivity contribution in [3.63, 3.8) is 0 Å². The Balaban J connectivity index is 2.33. The molecule has 5 nitrogen and oxygen atoms in total. The van der Waals surface area contributed by atoms with E-state index in [1.165, 1.54) is 0 Å². The SMILES string of the molecule is NCC(F)(F)CNC(=O)[C@@H]1CSC(=O)N1. The largest absolute Gasteiger partial charge is 0.348 e. The molecule has 1 saturated heterocycles. The summed E-state index contributed by atoms with van der Waals surface area (Å²) in [7, 11) is 0. The molecule has 1 fully saturated rings. The van der Waals surface area contributed by atoms with Gasteiger partial charge in [-0.3, -0.25) is 9.59 Å². The van der Waals surface area contributed by atoms with E-state index in [0.29, 0.717) is 0 Å². The van der Waals surface area contributed by atoms with Gasteiger partial charge in [-0.25, -0.2) is 8.78 Å². The first-order chi connectivity index (χ1) is 6.94. The molecule has 0 aromatic carbocycles. The summed E-state index contributed by atoms with van der Waals surface area (Å²) in [5, 5.41) is 4.06. The van der Waals surface area contributed by atoms with Gasteiger partial charge in [0.05, 0.1) is 13.1 Å².